The van der Waals surface area contributed by atoms with Gasteiger partial charge in [0.2, 0.25) is 12.6 Å². The van der Waals surface area contributed by atoms with Crippen LogP contribution in [0, 0.1) is 13.8 Å². The Bertz CT molecular complexity index is 912. The molecule has 2 aromatic rings. The summed E-state index contributed by atoms with van der Waals surface area (Å²) in [6.45, 7) is 12.6. The van der Waals surface area contributed by atoms with Crippen molar-refractivity contribution in [2.75, 3.05) is 52.6 Å². The van der Waals surface area contributed by atoms with E-state index in [1.807, 2.05) is 12.1 Å². The highest BCUT2D eigenvalue weighted by Gasteiger charge is 2.40. The van der Waals surface area contributed by atoms with Crippen LogP contribution in [0.25, 0.3) is 0 Å². The molecule has 0 unspecified atom stereocenters. The summed E-state index contributed by atoms with van der Waals surface area (Å²) in [5.41, 5.74) is 4.23. The van der Waals surface area contributed by atoms with Gasteiger partial charge in [-0.25, -0.2) is 0 Å². The average molecular weight is 382 g/mol. The van der Waals surface area contributed by atoms with Crippen LogP contribution < -0.4 is 9.47 Å². The van der Waals surface area contributed by atoms with Crippen LogP contribution >= 0.6 is 0 Å². The van der Waals surface area contributed by atoms with Gasteiger partial charge in [-0.05, 0) is 37.6 Å². The molecule has 6 heteroatoms. The van der Waals surface area contributed by atoms with Crippen molar-refractivity contribution in [3.63, 3.8) is 0 Å². The first-order valence-corrected chi connectivity index (χ1v) is 10.2. The fourth-order valence-corrected chi connectivity index (χ4v) is 4.91. The van der Waals surface area contributed by atoms with E-state index in [9.17, 15) is 4.79 Å². The normalized spacial score (nSPS) is 25.3. The molecular formula is C22H28N3O3+. The Hall–Kier alpha value is -2.31. The van der Waals surface area contributed by atoms with Crippen molar-refractivity contribution < 1.29 is 18.8 Å². The van der Waals surface area contributed by atoms with Crippen molar-refractivity contribution in [3.05, 3.63) is 46.8 Å². The lowest BCUT2D eigenvalue weighted by Crippen LogP contribution is -2.68. The number of benzene rings is 1. The van der Waals surface area contributed by atoms with Crippen molar-refractivity contribution in [1.82, 2.24) is 9.47 Å². The molecule has 1 aromatic carbocycles. The second kappa shape index (κ2) is 6.64. The zero-order valence-electron chi connectivity index (χ0n) is 16.7. The minimum atomic E-state index is 0.288. The van der Waals surface area contributed by atoms with Gasteiger partial charge in [0.1, 0.15) is 6.54 Å². The summed E-state index contributed by atoms with van der Waals surface area (Å²) in [6, 6.07) is 8.14. The SMILES string of the molecule is Cc1cc(C(=O)C[N+]23CCN(CC2)CC3)c(C)n1Cc1ccc2c(c1)OCO2. The molecule has 0 atom stereocenters. The van der Waals surface area contributed by atoms with Gasteiger partial charge in [-0.3, -0.25) is 9.69 Å². The molecule has 4 aliphatic rings. The van der Waals surface area contributed by atoms with Gasteiger partial charge in [-0.2, -0.15) is 0 Å². The minimum Gasteiger partial charge on any atom is -0.454 e. The number of ether oxygens (including phenoxy) is 2. The van der Waals surface area contributed by atoms with E-state index in [4.69, 9.17) is 9.47 Å². The summed E-state index contributed by atoms with van der Waals surface area (Å²) in [4.78, 5) is 15.7. The van der Waals surface area contributed by atoms with Crippen LogP contribution in [0.15, 0.2) is 24.3 Å². The molecule has 3 saturated heterocycles. The molecule has 0 radical (unpaired) electrons. The molecular weight excluding hydrogens is 354 g/mol. The van der Waals surface area contributed by atoms with Gasteiger partial charge in [0.15, 0.2) is 11.5 Å². The monoisotopic (exact) mass is 382 g/mol. The van der Waals surface area contributed by atoms with Crippen LogP contribution in [0.2, 0.25) is 0 Å². The van der Waals surface area contributed by atoms with E-state index in [1.165, 1.54) is 0 Å². The zero-order chi connectivity index (χ0) is 19.3. The smallest absolute Gasteiger partial charge is 0.231 e. The van der Waals surface area contributed by atoms with Gasteiger partial charge < -0.3 is 18.5 Å². The number of ketones is 1. The van der Waals surface area contributed by atoms with Gasteiger partial charge in [-0.15, -0.1) is 0 Å². The third-order valence-corrected chi connectivity index (χ3v) is 6.80. The lowest BCUT2D eigenvalue weighted by atomic mass is 10.1. The number of hydrogen-bond donors (Lipinski definition) is 0. The summed E-state index contributed by atoms with van der Waals surface area (Å²) in [6.07, 6.45) is 0. The maximum Gasteiger partial charge on any atom is 0.231 e. The van der Waals surface area contributed by atoms with Gasteiger partial charge in [0.25, 0.3) is 0 Å². The number of aromatic nitrogens is 1. The molecule has 6 nitrogen and oxygen atoms in total. The Morgan fingerprint density at radius 1 is 1.04 bits per heavy atom. The summed E-state index contributed by atoms with van der Waals surface area (Å²) in [7, 11) is 0. The van der Waals surface area contributed by atoms with Crippen molar-refractivity contribution >= 4 is 5.78 Å². The molecule has 4 aliphatic heterocycles. The van der Waals surface area contributed by atoms with Crippen molar-refractivity contribution in [3.8, 4) is 11.5 Å². The maximum absolute atomic E-state index is 13.2. The largest absolute Gasteiger partial charge is 0.454 e. The van der Waals surface area contributed by atoms with Crippen LogP contribution in [-0.4, -0.2) is 72.3 Å². The van der Waals surface area contributed by atoms with Crippen molar-refractivity contribution in [1.29, 1.82) is 0 Å². The summed E-state index contributed by atoms with van der Waals surface area (Å²) in [5.74, 6) is 1.90. The molecule has 1 aromatic heterocycles. The van der Waals surface area contributed by atoms with E-state index in [0.717, 1.165) is 84.3 Å². The molecule has 2 bridgehead atoms. The molecule has 0 saturated carbocycles. The summed E-state index contributed by atoms with van der Waals surface area (Å²) in [5, 5.41) is 0. The van der Waals surface area contributed by atoms with Crippen LogP contribution in [0.5, 0.6) is 11.5 Å². The third-order valence-electron chi connectivity index (χ3n) is 6.80. The van der Waals surface area contributed by atoms with E-state index in [2.05, 4.69) is 35.4 Å². The van der Waals surface area contributed by atoms with Gasteiger partial charge >= 0.3 is 0 Å². The highest BCUT2D eigenvalue weighted by molar-refractivity contribution is 5.98. The zero-order valence-corrected chi connectivity index (χ0v) is 16.7. The van der Waals surface area contributed by atoms with E-state index < -0.39 is 0 Å². The van der Waals surface area contributed by atoms with E-state index >= 15 is 0 Å². The number of aryl methyl sites for hydroxylation is 1. The number of carbonyl (C=O) groups excluding carboxylic acids is 1. The Morgan fingerprint density at radius 3 is 2.50 bits per heavy atom. The molecule has 0 aliphatic carbocycles. The fourth-order valence-electron chi connectivity index (χ4n) is 4.91. The lowest BCUT2D eigenvalue weighted by molar-refractivity contribution is -0.933. The van der Waals surface area contributed by atoms with Gasteiger partial charge in [-0.1, -0.05) is 6.07 Å². The summed E-state index contributed by atoms with van der Waals surface area (Å²) >= 11 is 0. The average Bonchev–Trinajstić information content (AvgIpc) is 3.28. The maximum atomic E-state index is 13.2. The highest BCUT2D eigenvalue weighted by atomic mass is 16.7. The number of quaternary nitrogens is 1. The van der Waals surface area contributed by atoms with Crippen molar-refractivity contribution in [2.24, 2.45) is 0 Å². The Morgan fingerprint density at radius 2 is 1.75 bits per heavy atom. The first-order valence-electron chi connectivity index (χ1n) is 10.2. The molecule has 148 valence electrons. The molecule has 3 fully saturated rings. The standard InChI is InChI=1S/C22H28N3O3/c1-16-11-19(20(26)14-25-8-5-23(6-9-25)7-10-25)17(2)24(16)13-18-3-4-21-22(12-18)28-15-27-21/h3-4,11-12H,5-10,13-15H2,1-2H3/q+1. The Balaban J connectivity index is 1.36. The third kappa shape index (κ3) is 3.01. The quantitative estimate of drug-likeness (QED) is 0.588. The van der Waals surface area contributed by atoms with E-state index in [1.54, 1.807) is 0 Å². The second-order valence-electron chi connectivity index (χ2n) is 8.49. The molecule has 0 N–H and O–H groups in total. The van der Waals surface area contributed by atoms with Crippen LogP contribution in [0.3, 0.4) is 0 Å². The number of Topliss-reactive ketones (excluding diaryl/α,β-unsaturated/α-hetero) is 1. The van der Waals surface area contributed by atoms with Gasteiger partial charge in [0, 0.05) is 43.1 Å². The first kappa shape index (κ1) is 17.8. The lowest BCUT2D eigenvalue weighted by Gasteiger charge is -2.50. The number of fused-ring (bicyclic) bond motifs is 4. The topological polar surface area (TPSA) is 43.7 Å². The number of piperazine rings is 3. The Labute approximate surface area is 165 Å². The number of carbonyl (C=O) groups is 1. The van der Waals surface area contributed by atoms with E-state index in [-0.39, 0.29) is 6.79 Å². The molecule has 5 heterocycles. The molecule has 28 heavy (non-hydrogen) atoms. The molecule has 0 amide bonds. The predicted octanol–water partition coefficient (Wildman–Crippen LogP) is 2.21. The first-order chi connectivity index (χ1) is 13.5. The van der Waals surface area contributed by atoms with Crippen molar-refractivity contribution in [2.45, 2.75) is 20.4 Å². The highest BCUT2D eigenvalue weighted by Crippen LogP contribution is 2.33. The van der Waals surface area contributed by atoms with E-state index in [0.29, 0.717) is 12.3 Å². The second-order valence-corrected chi connectivity index (χ2v) is 8.49. The molecule has 0 spiro atoms. The summed E-state index contributed by atoms with van der Waals surface area (Å²) < 4.78 is 14.1. The number of hydrogen-bond acceptors (Lipinski definition) is 4. The minimum absolute atomic E-state index is 0.288. The van der Waals surface area contributed by atoms with Crippen LogP contribution in [0.4, 0.5) is 0 Å². The van der Waals surface area contributed by atoms with Gasteiger partial charge in [0.05, 0.1) is 19.6 Å². The molecule has 6 rings (SSSR count). The number of rotatable bonds is 5. The van der Waals surface area contributed by atoms with Crippen LogP contribution in [-0.2, 0) is 6.54 Å². The number of nitrogens with zero attached hydrogens (tertiary/aromatic N) is 3. The van der Waals surface area contributed by atoms with Crippen LogP contribution in [0.1, 0.15) is 27.3 Å². The predicted molar refractivity (Wildman–Crippen MR) is 106 cm³/mol. The fraction of sp³-hybridized carbons (Fsp3) is 0.500. The Kier molecular flexibility index (Phi) is 4.21.